The van der Waals surface area contributed by atoms with Crippen molar-refractivity contribution < 1.29 is 9.47 Å². The second-order valence-electron chi connectivity index (χ2n) is 8.44. The van der Waals surface area contributed by atoms with Crippen LogP contribution in [-0.2, 0) is 13.0 Å². The molecule has 0 aromatic heterocycles. The van der Waals surface area contributed by atoms with Crippen LogP contribution < -0.4 is 20.1 Å². The largest absolute Gasteiger partial charge is 0.496 e. The highest BCUT2D eigenvalue weighted by molar-refractivity contribution is 5.80. The zero-order chi connectivity index (χ0) is 20.1. The molecule has 1 aromatic carbocycles. The Hall–Kier alpha value is -1.95. The fourth-order valence-electron chi connectivity index (χ4n) is 4.15. The second-order valence-corrected chi connectivity index (χ2v) is 8.44. The molecule has 1 fully saturated rings. The molecule has 2 aliphatic heterocycles. The van der Waals surface area contributed by atoms with Crippen molar-refractivity contribution in [1.29, 1.82) is 0 Å². The second kappa shape index (κ2) is 9.50. The summed E-state index contributed by atoms with van der Waals surface area (Å²) in [5, 5.41) is 7.03. The van der Waals surface area contributed by atoms with Gasteiger partial charge in [0.15, 0.2) is 5.96 Å². The van der Waals surface area contributed by atoms with Gasteiger partial charge in [-0.25, -0.2) is 0 Å². The maximum atomic E-state index is 5.91. The lowest BCUT2D eigenvalue weighted by Crippen LogP contribution is -2.49. The molecule has 3 rings (SSSR count). The lowest BCUT2D eigenvalue weighted by atomic mass is 10.0. The Balaban J connectivity index is 1.53. The first-order valence-electron chi connectivity index (χ1n) is 10.5. The Morgan fingerprint density at radius 1 is 1.32 bits per heavy atom. The van der Waals surface area contributed by atoms with Crippen molar-refractivity contribution in [3.8, 4) is 11.5 Å². The smallest absolute Gasteiger partial charge is 0.191 e. The number of aliphatic imine (C=N–C) groups is 1. The van der Waals surface area contributed by atoms with E-state index >= 15 is 0 Å². The molecule has 1 saturated heterocycles. The molecule has 0 spiro atoms. The third-order valence-corrected chi connectivity index (χ3v) is 5.52. The summed E-state index contributed by atoms with van der Waals surface area (Å²) in [5.41, 5.74) is 2.31. The van der Waals surface area contributed by atoms with Crippen LogP contribution in [0.4, 0.5) is 0 Å². The van der Waals surface area contributed by atoms with Crippen molar-refractivity contribution in [3.63, 3.8) is 0 Å². The Labute approximate surface area is 169 Å². The number of rotatable bonds is 6. The van der Waals surface area contributed by atoms with Gasteiger partial charge < -0.3 is 25.0 Å². The van der Waals surface area contributed by atoms with E-state index in [0.717, 1.165) is 61.3 Å². The number of fused-ring (bicyclic) bond motifs is 1. The Kier molecular flexibility index (Phi) is 7.05. The first-order valence-corrected chi connectivity index (χ1v) is 10.5. The summed E-state index contributed by atoms with van der Waals surface area (Å²) in [7, 11) is 3.55. The fourth-order valence-corrected chi connectivity index (χ4v) is 4.15. The average Bonchev–Trinajstić information content (AvgIpc) is 3.04. The standard InChI is InChI=1S/C22H36N4O2/c1-15(2)14-26-8-6-19(7-9-26)25-22(23-4)24-13-18-12-21-17(10-16(3)28-21)11-20(18)27-5/h11-12,15-16,19H,6-10,13-14H2,1-5H3,(H2,23,24,25). The first-order chi connectivity index (χ1) is 13.5. The molecule has 2 N–H and O–H groups in total. The number of methoxy groups -OCH3 is 1. The quantitative estimate of drug-likeness (QED) is 0.580. The van der Waals surface area contributed by atoms with Crippen LogP contribution in [0.1, 0.15) is 44.7 Å². The van der Waals surface area contributed by atoms with E-state index < -0.39 is 0 Å². The van der Waals surface area contributed by atoms with Gasteiger partial charge in [-0.3, -0.25) is 4.99 Å². The van der Waals surface area contributed by atoms with E-state index in [1.54, 1.807) is 7.11 Å². The molecule has 1 aromatic rings. The van der Waals surface area contributed by atoms with Gasteiger partial charge in [-0.2, -0.15) is 0 Å². The molecule has 28 heavy (non-hydrogen) atoms. The van der Waals surface area contributed by atoms with Crippen LogP contribution in [0.25, 0.3) is 0 Å². The van der Waals surface area contributed by atoms with Crippen molar-refractivity contribution in [2.24, 2.45) is 10.9 Å². The monoisotopic (exact) mass is 388 g/mol. The van der Waals surface area contributed by atoms with Gasteiger partial charge in [0.25, 0.3) is 0 Å². The topological polar surface area (TPSA) is 58.1 Å². The van der Waals surface area contributed by atoms with Crippen molar-refractivity contribution in [2.75, 3.05) is 33.8 Å². The average molecular weight is 389 g/mol. The highest BCUT2D eigenvalue weighted by Gasteiger charge is 2.23. The van der Waals surface area contributed by atoms with Crippen molar-refractivity contribution in [3.05, 3.63) is 23.3 Å². The van der Waals surface area contributed by atoms with Gasteiger partial charge in [0, 0.05) is 56.8 Å². The zero-order valence-electron chi connectivity index (χ0n) is 18.0. The third kappa shape index (κ3) is 5.31. The molecule has 0 aliphatic carbocycles. The van der Waals surface area contributed by atoms with Crippen molar-refractivity contribution in [1.82, 2.24) is 15.5 Å². The van der Waals surface area contributed by atoms with E-state index in [0.29, 0.717) is 12.6 Å². The minimum absolute atomic E-state index is 0.235. The number of likely N-dealkylation sites (tertiary alicyclic amines) is 1. The lowest BCUT2D eigenvalue weighted by molar-refractivity contribution is 0.187. The molecule has 1 atom stereocenters. The first kappa shape index (κ1) is 20.8. The zero-order valence-corrected chi connectivity index (χ0v) is 18.0. The summed E-state index contributed by atoms with van der Waals surface area (Å²) in [4.78, 5) is 6.98. The molecule has 0 bridgehead atoms. The number of ether oxygens (including phenoxy) is 2. The van der Waals surface area contributed by atoms with Crippen LogP contribution >= 0.6 is 0 Å². The van der Waals surface area contributed by atoms with E-state index in [4.69, 9.17) is 9.47 Å². The number of benzene rings is 1. The summed E-state index contributed by atoms with van der Waals surface area (Å²) in [6, 6.07) is 4.68. The van der Waals surface area contributed by atoms with E-state index in [-0.39, 0.29) is 6.10 Å². The molecule has 156 valence electrons. The van der Waals surface area contributed by atoms with E-state index in [2.05, 4.69) is 53.4 Å². The Morgan fingerprint density at radius 2 is 2.07 bits per heavy atom. The van der Waals surface area contributed by atoms with Gasteiger partial charge in [0.1, 0.15) is 17.6 Å². The van der Waals surface area contributed by atoms with Crippen molar-refractivity contribution >= 4 is 5.96 Å². The number of nitrogens with zero attached hydrogens (tertiary/aromatic N) is 2. The predicted molar refractivity (Wildman–Crippen MR) is 114 cm³/mol. The number of piperidine rings is 1. The molecule has 0 saturated carbocycles. The van der Waals surface area contributed by atoms with Gasteiger partial charge in [0.2, 0.25) is 0 Å². The fraction of sp³-hybridized carbons (Fsp3) is 0.682. The summed E-state index contributed by atoms with van der Waals surface area (Å²) in [5.74, 6) is 3.46. The lowest BCUT2D eigenvalue weighted by Gasteiger charge is -2.34. The van der Waals surface area contributed by atoms with Gasteiger partial charge in [-0.15, -0.1) is 0 Å². The molecule has 0 amide bonds. The third-order valence-electron chi connectivity index (χ3n) is 5.52. The van der Waals surface area contributed by atoms with Crippen LogP contribution in [0.2, 0.25) is 0 Å². The molecular formula is C22H36N4O2. The molecule has 6 nitrogen and oxygen atoms in total. The van der Waals surface area contributed by atoms with Gasteiger partial charge in [-0.1, -0.05) is 13.8 Å². The van der Waals surface area contributed by atoms with Crippen LogP contribution in [0.5, 0.6) is 11.5 Å². The molecular weight excluding hydrogens is 352 g/mol. The molecule has 2 aliphatic rings. The number of guanidine groups is 1. The molecule has 6 heteroatoms. The normalized spacial score (nSPS) is 20.8. The van der Waals surface area contributed by atoms with Crippen molar-refractivity contribution in [2.45, 2.75) is 58.7 Å². The number of hydrogen-bond donors (Lipinski definition) is 2. The van der Waals surface area contributed by atoms with Gasteiger partial charge >= 0.3 is 0 Å². The summed E-state index contributed by atoms with van der Waals surface area (Å²) in [6.07, 6.45) is 3.49. The van der Waals surface area contributed by atoms with Gasteiger partial charge in [-0.05, 0) is 37.8 Å². The number of nitrogens with one attached hydrogen (secondary N) is 2. The molecule has 1 unspecified atom stereocenters. The minimum atomic E-state index is 0.235. The Bertz CT molecular complexity index is 681. The van der Waals surface area contributed by atoms with E-state index in [1.165, 1.54) is 12.1 Å². The van der Waals surface area contributed by atoms with Crippen LogP contribution in [0.3, 0.4) is 0 Å². The van der Waals surface area contributed by atoms with Crippen LogP contribution in [-0.4, -0.2) is 56.8 Å². The molecule has 2 heterocycles. The predicted octanol–water partition coefficient (Wildman–Crippen LogP) is 2.80. The number of hydrogen-bond acceptors (Lipinski definition) is 4. The summed E-state index contributed by atoms with van der Waals surface area (Å²) in [6.45, 7) is 10.8. The highest BCUT2D eigenvalue weighted by atomic mass is 16.5. The Morgan fingerprint density at radius 3 is 2.71 bits per heavy atom. The van der Waals surface area contributed by atoms with Gasteiger partial charge in [0.05, 0.1) is 7.11 Å². The van der Waals surface area contributed by atoms with E-state index in [1.807, 2.05) is 7.05 Å². The summed E-state index contributed by atoms with van der Waals surface area (Å²) < 4.78 is 11.5. The van der Waals surface area contributed by atoms with E-state index in [9.17, 15) is 0 Å². The highest BCUT2D eigenvalue weighted by Crippen LogP contribution is 2.34. The molecule has 0 radical (unpaired) electrons. The van der Waals surface area contributed by atoms with Crippen LogP contribution in [0.15, 0.2) is 17.1 Å². The minimum Gasteiger partial charge on any atom is -0.496 e. The van der Waals surface area contributed by atoms with Crippen LogP contribution in [0, 0.1) is 5.92 Å². The maximum absolute atomic E-state index is 5.91. The SMILES string of the molecule is CN=C(NCc1cc2c(cc1OC)CC(C)O2)NC1CCN(CC(C)C)CC1. The summed E-state index contributed by atoms with van der Waals surface area (Å²) >= 11 is 0. The maximum Gasteiger partial charge on any atom is 0.191 e.